The Morgan fingerprint density at radius 1 is 0.962 bits per heavy atom. The molecule has 7 heteroatoms. The third-order valence-electron chi connectivity index (χ3n) is 4.22. The summed E-state index contributed by atoms with van der Waals surface area (Å²) in [7, 11) is 0. The van der Waals surface area contributed by atoms with E-state index in [-0.39, 0.29) is 26.2 Å². The average molecular weight is 361 g/mol. The summed E-state index contributed by atoms with van der Waals surface area (Å²) in [6, 6.07) is 11.0. The Balaban J connectivity index is 2.49. The molecule has 2 aromatic carbocycles. The highest BCUT2D eigenvalue weighted by molar-refractivity contribution is 5.79. The third-order valence-corrected chi connectivity index (χ3v) is 4.22. The minimum absolute atomic E-state index is 0.0244. The predicted molar refractivity (Wildman–Crippen MR) is 104 cm³/mol. The largest absolute Gasteiger partial charge is 0.399 e. The molecule has 1 atom stereocenters. The van der Waals surface area contributed by atoms with E-state index < -0.39 is 6.10 Å². The second-order valence-corrected chi connectivity index (χ2v) is 6.16. The molecule has 0 aliphatic heterocycles. The van der Waals surface area contributed by atoms with E-state index in [4.69, 9.17) is 16.6 Å². The van der Waals surface area contributed by atoms with Gasteiger partial charge in [0.2, 0.25) is 0 Å². The van der Waals surface area contributed by atoms with Crippen LogP contribution in [0.25, 0.3) is 11.1 Å². The monoisotopic (exact) mass is 361 g/mol. The SMILES string of the molecule is Nc1cc(N)c(CC(O)CO)c(-c2cccc(N(CCO)CCO)c2)c1. The molecule has 0 bridgehead atoms. The molecular formula is C19H27N3O4. The third kappa shape index (κ3) is 4.86. The second kappa shape index (κ2) is 9.40. The predicted octanol–water partition coefficient (Wildman–Crippen LogP) is 0.205. The van der Waals surface area contributed by atoms with Crippen molar-refractivity contribution >= 4 is 17.1 Å². The number of nitrogens with zero attached hydrogens (tertiary/aromatic N) is 1. The lowest BCUT2D eigenvalue weighted by molar-refractivity contribution is 0.0957. The Morgan fingerprint density at radius 3 is 2.27 bits per heavy atom. The Bertz CT molecular complexity index is 718. The maximum atomic E-state index is 9.86. The molecule has 2 rings (SSSR count). The van der Waals surface area contributed by atoms with Crippen LogP contribution in [-0.4, -0.2) is 59.4 Å². The zero-order valence-corrected chi connectivity index (χ0v) is 14.7. The number of anilines is 3. The van der Waals surface area contributed by atoms with Gasteiger partial charge in [-0.3, -0.25) is 0 Å². The van der Waals surface area contributed by atoms with E-state index in [2.05, 4.69) is 0 Å². The molecule has 0 fully saturated rings. The lowest BCUT2D eigenvalue weighted by atomic mass is 9.93. The topological polar surface area (TPSA) is 136 Å². The van der Waals surface area contributed by atoms with E-state index in [0.717, 1.165) is 16.8 Å². The van der Waals surface area contributed by atoms with Crippen molar-refractivity contribution in [3.63, 3.8) is 0 Å². The van der Waals surface area contributed by atoms with Crippen LogP contribution < -0.4 is 16.4 Å². The number of aliphatic hydroxyl groups is 4. The summed E-state index contributed by atoms with van der Waals surface area (Å²) in [6.45, 7) is 0.398. The molecule has 0 saturated carbocycles. The van der Waals surface area contributed by atoms with Crippen LogP contribution in [0.1, 0.15) is 5.56 Å². The van der Waals surface area contributed by atoms with Gasteiger partial charge in [0.25, 0.3) is 0 Å². The maximum absolute atomic E-state index is 9.86. The van der Waals surface area contributed by atoms with Crippen molar-refractivity contribution in [3.05, 3.63) is 42.0 Å². The molecule has 0 aliphatic carbocycles. The van der Waals surface area contributed by atoms with Gasteiger partial charge in [0.15, 0.2) is 0 Å². The van der Waals surface area contributed by atoms with Crippen LogP contribution in [0, 0.1) is 0 Å². The molecule has 0 radical (unpaired) electrons. The van der Waals surface area contributed by atoms with Gasteiger partial charge in [-0.1, -0.05) is 12.1 Å². The molecule has 142 valence electrons. The Hall–Kier alpha value is -2.32. The van der Waals surface area contributed by atoms with E-state index in [1.165, 1.54) is 0 Å². The number of rotatable bonds is 9. The van der Waals surface area contributed by atoms with Crippen LogP contribution in [0.15, 0.2) is 36.4 Å². The lowest BCUT2D eigenvalue weighted by Crippen LogP contribution is -2.29. The lowest BCUT2D eigenvalue weighted by Gasteiger charge is -2.24. The van der Waals surface area contributed by atoms with Crippen LogP contribution in [-0.2, 0) is 6.42 Å². The van der Waals surface area contributed by atoms with Crippen molar-refractivity contribution in [3.8, 4) is 11.1 Å². The highest BCUT2D eigenvalue weighted by atomic mass is 16.3. The molecule has 0 saturated heterocycles. The van der Waals surface area contributed by atoms with Crippen molar-refractivity contribution in [1.82, 2.24) is 0 Å². The van der Waals surface area contributed by atoms with Gasteiger partial charge in [-0.15, -0.1) is 0 Å². The molecule has 0 aliphatic rings. The summed E-state index contributed by atoms with van der Waals surface area (Å²) >= 11 is 0. The number of benzene rings is 2. The van der Waals surface area contributed by atoms with E-state index in [1.54, 1.807) is 12.1 Å². The van der Waals surface area contributed by atoms with E-state index in [1.807, 2.05) is 29.2 Å². The first-order valence-corrected chi connectivity index (χ1v) is 8.54. The van der Waals surface area contributed by atoms with Gasteiger partial charge in [-0.05, 0) is 41.0 Å². The number of hydrogen-bond donors (Lipinski definition) is 6. The van der Waals surface area contributed by atoms with Crippen molar-refractivity contribution in [2.45, 2.75) is 12.5 Å². The number of hydrogen-bond acceptors (Lipinski definition) is 7. The first-order valence-electron chi connectivity index (χ1n) is 8.54. The Labute approximate surface area is 153 Å². The second-order valence-electron chi connectivity index (χ2n) is 6.16. The fraction of sp³-hybridized carbons (Fsp3) is 0.368. The fourth-order valence-electron chi connectivity index (χ4n) is 2.98. The molecule has 0 amide bonds. The van der Waals surface area contributed by atoms with Crippen molar-refractivity contribution < 1.29 is 20.4 Å². The van der Waals surface area contributed by atoms with Gasteiger partial charge in [-0.25, -0.2) is 0 Å². The van der Waals surface area contributed by atoms with Crippen LogP contribution in [0.3, 0.4) is 0 Å². The molecule has 0 aromatic heterocycles. The zero-order chi connectivity index (χ0) is 19.1. The number of aliphatic hydroxyl groups excluding tert-OH is 4. The minimum Gasteiger partial charge on any atom is -0.399 e. The van der Waals surface area contributed by atoms with Crippen LogP contribution >= 0.6 is 0 Å². The summed E-state index contributed by atoms with van der Waals surface area (Å²) in [5.74, 6) is 0. The van der Waals surface area contributed by atoms with Gasteiger partial charge in [0.1, 0.15) is 0 Å². The van der Waals surface area contributed by atoms with Crippen LogP contribution in [0.5, 0.6) is 0 Å². The zero-order valence-electron chi connectivity index (χ0n) is 14.7. The van der Waals surface area contributed by atoms with E-state index >= 15 is 0 Å². The molecule has 26 heavy (non-hydrogen) atoms. The first kappa shape index (κ1) is 20.0. The van der Waals surface area contributed by atoms with Gasteiger partial charge >= 0.3 is 0 Å². The van der Waals surface area contributed by atoms with Gasteiger partial charge in [0, 0.05) is 36.6 Å². The van der Waals surface area contributed by atoms with Gasteiger partial charge in [0.05, 0.1) is 25.9 Å². The van der Waals surface area contributed by atoms with Crippen molar-refractivity contribution in [2.75, 3.05) is 49.3 Å². The minimum atomic E-state index is -0.914. The van der Waals surface area contributed by atoms with Crippen LogP contribution in [0.4, 0.5) is 17.1 Å². The van der Waals surface area contributed by atoms with E-state index in [0.29, 0.717) is 30.0 Å². The number of nitrogens with two attached hydrogens (primary N) is 2. The van der Waals surface area contributed by atoms with Crippen molar-refractivity contribution in [1.29, 1.82) is 0 Å². The van der Waals surface area contributed by atoms with Gasteiger partial charge < -0.3 is 36.8 Å². The summed E-state index contributed by atoms with van der Waals surface area (Å²) in [4.78, 5) is 1.88. The standard InChI is InChI=1S/C19H27N3O4/c20-14-9-17(18(19(21)10-14)11-16(26)12-25)13-2-1-3-15(8-13)22(4-6-23)5-7-24/h1-3,8-10,16,23-26H,4-7,11-12,20-21H2. The average Bonchev–Trinajstić information content (AvgIpc) is 2.63. The molecule has 2 aromatic rings. The van der Waals surface area contributed by atoms with Crippen LogP contribution in [0.2, 0.25) is 0 Å². The smallest absolute Gasteiger partial charge is 0.0812 e. The number of nitrogen functional groups attached to an aromatic ring is 2. The van der Waals surface area contributed by atoms with Crippen molar-refractivity contribution in [2.24, 2.45) is 0 Å². The maximum Gasteiger partial charge on any atom is 0.0812 e. The quantitative estimate of drug-likeness (QED) is 0.351. The first-order chi connectivity index (χ1) is 12.5. The molecule has 0 spiro atoms. The molecular weight excluding hydrogens is 334 g/mol. The summed E-state index contributed by atoms with van der Waals surface area (Å²) in [5.41, 5.74) is 16.2. The molecule has 8 N–H and O–H groups in total. The van der Waals surface area contributed by atoms with Gasteiger partial charge in [-0.2, -0.15) is 0 Å². The highest BCUT2D eigenvalue weighted by Crippen LogP contribution is 2.33. The Kier molecular flexibility index (Phi) is 7.23. The molecule has 1 unspecified atom stereocenters. The summed E-state index contributed by atoms with van der Waals surface area (Å²) in [5, 5.41) is 37.5. The molecule has 7 nitrogen and oxygen atoms in total. The summed E-state index contributed by atoms with van der Waals surface area (Å²) < 4.78 is 0. The highest BCUT2D eigenvalue weighted by Gasteiger charge is 2.15. The Morgan fingerprint density at radius 2 is 1.65 bits per heavy atom. The molecule has 0 heterocycles. The summed E-state index contributed by atoms with van der Waals surface area (Å²) in [6.07, 6.45) is -0.706. The van der Waals surface area contributed by atoms with E-state index in [9.17, 15) is 15.3 Å². The normalized spacial score (nSPS) is 12.2. The fourth-order valence-corrected chi connectivity index (χ4v) is 2.98.